The molecule has 0 saturated carbocycles. The number of para-hydroxylation sites is 1. The zero-order valence-corrected chi connectivity index (χ0v) is 15.8. The first-order valence-electron chi connectivity index (χ1n) is 8.83. The fourth-order valence-electron chi connectivity index (χ4n) is 2.62. The highest BCUT2D eigenvalue weighted by molar-refractivity contribution is 6.05. The van der Waals surface area contributed by atoms with Gasteiger partial charge >= 0.3 is 6.03 Å². The molecule has 0 bridgehead atoms. The zero-order chi connectivity index (χ0) is 19.9. The molecule has 0 aromatic heterocycles. The predicted molar refractivity (Wildman–Crippen MR) is 114 cm³/mol. The molecule has 0 aliphatic carbocycles. The third kappa shape index (κ3) is 5.11. The van der Waals surface area contributed by atoms with Gasteiger partial charge in [-0.25, -0.2) is 4.79 Å². The smallest absolute Gasteiger partial charge is 0.323 e. The summed E-state index contributed by atoms with van der Waals surface area (Å²) in [6, 6.07) is 23.2. The van der Waals surface area contributed by atoms with Crippen LogP contribution in [-0.2, 0) is 0 Å². The maximum absolute atomic E-state index is 12.5. The van der Waals surface area contributed by atoms with Crippen LogP contribution in [-0.4, -0.2) is 26.0 Å². The van der Waals surface area contributed by atoms with Gasteiger partial charge < -0.3 is 20.9 Å². The van der Waals surface area contributed by atoms with Crippen molar-refractivity contribution in [1.29, 1.82) is 0 Å². The molecule has 28 heavy (non-hydrogen) atoms. The molecule has 0 fully saturated rings. The number of nitrogens with zero attached hydrogens (tertiary/aromatic N) is 1. The van der Waals surface area contributed by atoms with Crippen molar-refractivity contribution in [3.8, 4) is 0 Å². The van der Waals surface area contributed by atoms with Crippen LogP contribution in [0.3, 0.4) is 0 Å². The van der Waals surface area contributed by atoms with Crippen molar-refractivity contribution >= 4 is 34.7 Å². The van der Waals surface area contributed by atoms with Gasteiger partial charge in [0, 0.05) is 42.4 Å². The minimum atomic E-state index is -0.353. The second-order valence-corrected chi connectivity index (χ2v) is 6.42. The Morgan fingerprint density at radius 2 is 1.29 bits per heavy atom. The predicted octanol–water partition coefficient (Wildman–Crippen LogP) is 4.65. The first-order valence-corrected chi connectivity index (χ1v) is 8.83. The van der Waals surface area contributed by atoms with Gasteiger partial charge in [-0.15, -0.1) is 0 Å². The van der Waals surface area contributed by atoms with E-state index < -0.39 is 0 Å². The number of anilines is 4. The first-order chi connectivity index (χ1) is 13.5. The molecule has 0 spiro atoms. The Hall–Kier alpha value is -3.80. The molecule has 6 heteroatoms. The van der Waals surface area contributed by atoms with Crippen molar-refractivity contribution in [2.45, 2.75) is 0 Å². The zero-order valence-electron chi connectivity index (χ0n) is 15.8. The molecule has 0 heterocycles. The Labute approximate surface area is 164 Å². The topological polar surface area (TPSA) is 73.5 Å². The average Bonchev–Trinajstić information content (AvgIpc) is 2.69. The van der Waals surface area contributed by atoms with Gasteiger partial charge in [0.2, 0.25) is 0 Å². The number of carbonyl (C=O) groups is 2. The van der Waals surface area contributed by atoms with E-state index in [1.165, 1.54) is 0 Å². The number of nitrogens with one attached hydrogen (secondary N) is 3. The summed E-state index contributed by atoms with van der Waals surface area (Å²) in [6.45, 7) is 0. The fourth-order valence-corrected chi connectivity index (χ4v) is 2.62. The number of urea groups is 1. The highest BCUT2D eigenvalue weighted by atomic mass is 16.2. The summed E-state index contributed by atoms with van der Waals surface area (Å²) in [7, 11) is 3.85. The van der Waals surface area contributed by atoms with Gasteiger partial charge in [0.1, 0.15) is 0 Å². The van der Waals surface area contributed by atoms with Gasteiger partial charge in [0.25, 0.3) is 5.91 Å². The number of hydrogen-bond acceptors (Lipinski definition) is 3. The number of carbonyl (C=O) groups excluding carboxylic acids is 2. The maximum Gasteiger partial charge on any atom is 0.323 e. The van der Waals surface area contributed by atoms with E-state index in [-0.39, 0.29) is 11.9 Å². The number of amides is 3. The standard InChI is InChI=1S/C22H22N4O2/c1-26(2)20-13-6-8-16(14-20)21(27)23-18-11-7-12-19(15-18)25-22(28)24-17-9-4-3-5-10-17/h3-15H,1-2H3,(H,23,27)(H2,24,25,28). The van der Waals surface area contributed by atoms with Gasteiger partial charge in [-0.2, -0.15) is 0 Å². The van der Waals surface area contributed by atoms with Gasteiger partial charge in [0.05, 0.1) is 0 Å². The molecule has 0 unspecified atom stereocenters. The SMILES string of the molecule is CN(C)c1cccc(C(=O)Nc2cccc(NC(=O)Nc3ccccc3)c2)c1. The van der Waals surface area contributed by atoms with Crippen molar-refractivity contribution in [3.05, 3.63) is 84.4 Å². The molecule has 0 aliphatic heterocycles. The summed E-state index contributed by atoms with van der Waals surface area (Å²) in [6.07, 6.45) is 0. The summed E-state index contributed by atoms with van der Waals surface area (Å²) < 4.78 is 0. The van der Waals surface area contributed by atoms with Crippen LogP contribution >= 0.6 is 0 Å². The first kappa shape index (κ1) is 19.0. The van der Waals surface area contributed by atoms with E-state index in [0.29, 0.717) is 22.6 Å². The Kier molecular flexibility index (Phi) is 5.91. The molecule has 3 aromatic carbocycles. The fraction of sp³-hybridized carbons (Fsp3) is 0.0909. The maximum atomic E-state index is 12.5. The molecule has 3 N–H and O–H groups in total. The van der Waals surface area contributed by atoms with Gasteiger partial charge in [-0.1, -0.05) is 30.3 Å². The van der Waals surface area contributed by atoms with Crippen LogP contribution in [0.1, 0.15) is 10.4 Å². The summed E-state index contributed by atoms with van der Waals surface area (Å²) in [5.74, 6) is -0.213. The van der Waals surface area contributed by atoms with E-state index >= 15 is 0 Å². The highest BCUT2D eigenvalue weighted by Gasteiger charge is 2.09. The third-order valence-electron chi connectivity index (χ3n) is 4.03. The minimum absolute atomic E-state index is 0.213. The molecule has 142 valence electrons. The van der Waals surface area contributed by atoms with Crippen LogP contribution in [0, 0.1) is 0 Å². The summed E-state index contributed by atoms with van der Waals surface area (Å²) >= 11 is 0. The Morgan fingerprint density at radius 3 is 2.00 bits per heavy atom. The summed E-state index contributed by atoms with van der Waals surface area (Å²) in [5, 5.41) is 8.37. The number of hydrogen-bond donors (Lipinski definition) is 3. The molecule has 0 saturated heterocycles. The average molecular weight is 374 g/mol. The summed E-state index contributed by atoms with van der Waals surface area (Å²) in [4.78, 5) is 26.6. The van der Waals surface area contributed by atoms with Crippen molar-refractivity contribution < 1.29 is 9.59 Å². The van der Waals surface area contributed by atoms with Crippen LogP contribution < -0.4 is 20.9 Å². The van der Waals surface area contributed by atoms with E-state index in [0.717, 1.165) is 5.69 Å². The summed E-state index contributed by atoms with van der Waals surface area (Å²) in [5.41, 5.74) is 3.38. The van der Waals surface area contributed by atoms with E-state index in [9.17, 15) is 9.59 Å². The molecule has 3 amide bonds. The molecule has 0 atom stereocenters. The van der Waals surface area contributed by atoms with Crippen molar-refractivity contribution in [3.63, 3.8) is 0 Å². The Bertz CT molecular complexity index is 971. The normalized spacial score (nSPS) is 10.1. The van der Waals surface area contributed by atoms with E-state index in [2.05, 4.69) is 16.0 Å². The van der Waals surface area contributed by atoms with Crippen molar-refractivity contribution in [2.24, 2.45) is 0 Å². The third-order valence-corrected chi connectivity index (χ3v) is 4.03. The lowest BCUT2D eigenvalue weighted by atomic mass is 10.1. The molecular formula is C22H22N4O2. The van der Waals surface area contributed by atoms with Crippen molar-refractivity contribution in [1.82, 2.24) is 0 Å². The second-order valence-electron chi connectivity index (χ2n) is 6.42. The molecule has 0 aliphatic rings. The van der Waals surface area contributed by atoms with Crippen LogP contribution in [0.2, 0.25) is 0 Å². The number of benzene rings is 3. The van der Waals surface area contributed by atoms with E-state index in [1.807, 2.05) is 55.4 Å². The van der Waals surface area contributed by atoms with Gasteiger partial charge in [0.15, 0.2) is 0 Å². The lowest BCUT2D eigenvalue weighted by molar-refractivity contribution is 0.102. The van der Waals surface area contributed by atoms with Crippen LogP contribution in [0.15, 0.2) is 78.9 Å². The molecule has 0 radical (unpaired) electrons. The van der Waals surface area contributed by atoms with Crippen molar-refractivity contribution in [2.75, 3.05) is 34.9 Å². The highest BCUT2D eigenvalue weighted by Crippen LogP contribution is 2.18. The van der Waals surface area contributed by atoms with Gasteiger partial charge in [-0.3, -0.25) is 4.79 Å². The minimum Gasteiger partial charge on any atom is -0.378 e. The molecule has 3 rings (SSSR count). The lowest BCUT2D eigenvalue weighted by Crippen LogP contribution is -2.19. The van der Waals surface area contributed by atoms with E-state index in [1.54, 1.807) is 42.5 Å². The number of rotatable bonds is 5. The molecule has 3 aromatic rings. The quantitative estimate of drug-likeness (QED) is 0.609. The van der Waals surface area contributed by atoms with Crippen LogP contribution in [0.4, 0.5) is 27.5 Å². The lowest BCUT2D eigenvalue weighted by Gasteiger charge is -2.14. The van der Waals surface area contributed by atoms with Crippen LogP contribution in [0.5, 0.6) is 0 Å². The Morgan fingerprint density at radius 1 is 0.679 bits per heavy atom. The molecular weight excluding hydrogens is 352 g/mol. The van der Waals surface area contributed by atoms with Gasteiger partial charge in [-0.05, 0) is 48.5 Å². The second kappa shape index (κ2) is 8.73. The molecule has 6 nitrogen and oxygen atoms in total. The van der Waals surface area contributed by atoms with E-state index in [4.69, 9.17) is 0 Å². The largest absolute Gasteiger partial charge is 0.378 e. The Balaban J connectivity index is 1.65. The monoisotopic (exact) mass is 374 g/mol. The van der Waals surface area contributed by atoms with Crippen LogP contribution in [0.25, 0.3) is 0 Å².